The maximum Gasteiger partial charge on any atom is 0.228 e. The van der Waals surface area contributed by atoms with E-state index in [-0.39, 0.29) is 17.1 Å². The topological polar surface area (TPSA) is 32.8 Å². The molecule has 0 bridgehead atoms. The van der Waals surface area contributed by atoms with Crippen molar-refractivity contribution in [1.82, 2.24) is 0 Å². The van der Waals surface area contributed by atoms with Crippen LogP contribution in [0.3, 0.4) is 0 Å². The number of hydrogen-bond acceptors (Lipinski definition) is 3. The van der Waals surface area contributed by atoms with Gasteiger partial charge in [-0.3, -0.25) is 4.79 Å². The lowest BCUT2D eigenvalue weighted by molar-refractivity contribution is -0.117. The zero-order chi connectivity index (χ0) is 14.1. The Balaban J connectivity index is 1.82. The third kappa shape index (κ3) is 2.60. The minimum absolute atomic E-state index is 0.0523. The molecule has 20 heavy (non-hydrogen) atoms. The standard InChI is InChI=1S/C14H16ClFN2O2/c15-10-7-14(19)18(9-10)11-1-2-13(12(16)8-11)17-3-5-20-6-4-17/h1-2,8,10H,3-7,9H2. The number of rotatable bonds is 2. The van der Waals surface area contributed by atoms with Crippen LogP contribution >= 0.6 is 11.6 Å². The summed E-state index contributed by atoms with van der Waals surface area (Å²) >= 11 is 5.97. The molecular weight excluding hydrogens is 283 g/mol. The predicted octanol–water partition coefficient (Wildman–Crippen LogP) is 2.01. The van der Waals surface area contributed by atoms with Crippen molar-refractivity contribution < 1.29 is 13.9 Å². The molecule has 0 saturated carbocycles. The second kappa shape index (κ2) is 5.58. The number of carbonyl (C=O) groups is 1. The molecule has 2 aliphatic rings. The quantitative estimate of drug-likeness (QED) is 0.783. The molecule has 6 heteroatoms. The van der Waals surface area contributed by atoms with E-state index in [1.54, 1.807) is 17.0 Å². The van der Waals surface area contributed by atoms with E-state index >= 15 is 0 Å². The van der Waals surface area contributed by atoms with Crippen LogP contribution in [-0.4, -0.2) is 44.1 Å². The summed E-state index contributed by atoms with van der Waals surface area (Å²) < 4.78 is 19.5. The summed E-state index contributed by atoms with van der Waals surface area (Å²) in [6, 6.07) is 4.92. The van der Waals surface area contributed by atoms with E-state index in [0.29, 0.717) is 50.6 Å². The number of amides is 1. The van der Waals surface area contributed by atoms with Crippen LogP contribution in [-0.2, 0) is 9.53 Å². The van der Waals surface area contributed by atoms with E-state index in [4.69, 9.17) is 16.3 Å². The Morgan fingerprint density at radius 3 is 2.65 bits per heavy atom. The summed E-state index contributed by atoms with van der Waals surface area (Å²) in [5, 5.41) is -0.190. The summed E-state index contributed by atoms with van der Waals surface area (Å²) in [4.78, 5) is 15.3. The number of ether oxygens (including phenoxy) is 1. The summed E-state index contributed by atoms with van der Waals surface area (Å²) in [5.41, 5.74) is 1.14. The largest absolute Gasteiger partial charge is 0.378 e. The minimum Gasteiger partial charge on any atom is -0.378 e. The lowest BCUT2D eigenvalue weighted by atomic mass is 10.2. The third-order valence-corrected chi connectivity index (χ3v) is 3.96. The van der Waals surface area contributed by atoms with Crippen LogP contribution in [0.5, 0.6) is 0 Å². The number of carbonyl (C=O) groups excluding carboxylic acids is 1. The molecule has 0 spiro atoms. The van der Waals surface area contributed by atoms with Crippen molar-refractivity contribution in [1.29, 1.82) is 0 Å². The number of hydrogen-bond donors (Lipinski definition) is 0. The fraction of sp³-hybridized carbons (Fsp3) is 0.500. The molecule has 4 nitrogen and oxygen atoms in total. The van der Waals surface area contributed by atoms with E-state index in [0.717, 1.165) is 0 Å². The normalized spacial score (nSPS) is 23.5. The van der Waals surface area contributed by atoms with Gasteiger partial charge in [-0.2, -0.15) is 0 Å². The molecule has 1 unspecified atom stereocenters. The van der Waals surface area contributed by atoms with E-state index in [9.17, 15) is 9.18 Å². The van der Waals surface area contributed by atoms with Gasteiger partial charge in [0, 0.05) is 31.7 Å². The molecule has 0 N–H and O–H groups in total. The predicted molar refractivity (Wildman–Crippen MR) is 76.0 cm³/mol. The number of alkyl halides is 1. The maximum absolute atomic E-state index is 14.3. The molecule has 2 heterocycles. The van der Waals surface area contributed by atoms with Crippen LogP contribution in [0.1, 0.15) is 6.42 Å². The average Bonchev–Trinajstić information content (AvgIpc) is 2.78. The molecule has 0 aliphatic carbocycles. The van der Waals surface area contributed by atoms with Crippen LogP contribution in [0.2, 0.25) is 0 Å². The smallest absolute Gasteiger partial charge is 0.228 e. The van der Waals surface area contributed by atoms with Gasteiger partial charge in [0.1, 0.15) is 5.82 Å². The van der Waals surface area contributed by atoms with Crippen molar-refractivity contribution in [3.8, 4) is 0 Å². The van der Waals surface area contributed by atoms with Gasteiger partial charge in [0.15, 0.2) is 0 Å². The van der Waals surface area contributed by atoms with Gasteiger partial charge in [-0.25, -0.2) is 4.39 Å². The van der Waals surface area contributed by atoms with Gasteiger partial charge in [0.25, 0.3) is 0 Å². The van der Waals surface area contributed by atoms with Crippen molar-refractivity contribution >= 4 is 28.9 Å². The van der Waals surface area contributed by atoms with Gasteiger partial charge in [-0.15, -0.1) is 11.6 Å². The number of nitrogens with zero attached hydrogens (tertiary/aromatic N) is 2. The van der Waals surface area contributed by atoms with E-state index in [1.807, 2.05) is 4.90 Å². The van der Waals surface area contributed by atoms with Crippen molar-refractivity contribution in [2.75, 3.05) is 42.6 Å². The number of anilines is 2. The summed E-state index contributed by atoms with van der Waals surface area (Å²) in [7, 11) is 0. The van der Waals surface area contributed by atoms with Crippen LogP contribution in [0.25, 0.3) is 0 Å². The van der Waals surface area contributed by atoms with Crippen molar-refractivity contribution in [2.45, 2.75) is 11.8 Å². The molecule has 1 aromatic rings. The van der Waals surface area contributed by atoms with Crippen LogP contribution in [0.4, 0.5) is 15.8 Å². The monoisotopic (exact) mass is 298 g/mol. The number of benzene rings is 1. The second-order valence-electron chi connectivity index (χ2n) is 5.04. The Morgan fingerprint density at radius 1 is 1.30 bits per heavy atom. The Hall–Kier alpha value is -1.33. The lowest BCUT2D eigenvalue weighted by Gasteiger charge is -2.29. The first kappa shape index (κ1) is 13.6. The SMILES string of the molecule is O=C1CC(Cl)CN1c1ccc(N2CCOCC2)c(F)c1. The molecule has 1 atom stereocenters. The van der Waals surface area contributed by atoms with Gasteiger partial charge >= 0.3 is 0 Å². The highest BCUT2D eigenvalue weighted by molar-refractivity contribution is 6.24. The van der Waals surface area contributed by atoms with Gasteiger partial charge < -0.3 is 14.5 Å². The van der Waals surface area contributed by atoms with E-state index in [1.165, 1.54) is 6.07 Å². The Labute approximate surface area is 122 Å². The van der Waals surface area contributed by atoms with Crippen molar-refractivity contribution in [2.24, 2.45) is 0 Å². The molecule has 1 amide bonds. The van der Waals surface area contributed by atoms with Crippen LogP contribution < -0.4 is 9.80 Å². The molecule has 108 valence electrons. The Morgan fingerprint density at radius 2 is 2.05 bits per heavy atom. The first-order chi connectivity index (χ1) is 9.65. The lowest BCUT2D eigenvalue weighted by Crippen LogP contribution is -2.36. The fourth-order valence-electron chi connectivity index (χ4n) is 2.64. The first-order valence-corrected chi connectivity index (χ1v) is 7.15. The molecule has 0 aromatic heterocycles. The molecule has 3 rings (SSSR count). The van der Waals surface area contributed by atoms with Crippen LogP contribution in [0.15, 0.2) is 18.2 Å². The molecule has 0 radical (unpaired) electrons. The summed E-state index contributed by atoms with van der Waals surface area (Å²) in [6.07, 6.45) is 0.314. The fourth-order valence-corrected chi connectivity index (χ4v) is 2.91. The Bertz CT molecular complexity index is 520. The van der Waals surface area contributed by atoms with Gasteiger partial charge in [0.2, 0.25) is 5.91 Å². The van der Waals surface area contributed by atoms with Crippen molar-refractivity contribution in [3.05, 3.63) is 24.0 Å². The van der Waals surface area contributed by atoms with E-state index in [2.05, 4.69) is 0 Å². The van der Waals surface area contributed by atoms with Crippen LogP contribution in [0, 0.1) is 5.82 Å². The molecule has 2 fully saturated rings. The molecule has 1 aromatic carbocycles. The average molecular weight is 299 g/mol. The zero-order valence-corrected chi connectivity index (χ0v) is 11.8. The molecule has 2 aliphatic heterocycles. The summed E-state index contributed by atoms with van der Waals surface area (Å²) in [6.45, 7) is 3.03. The first-order valence-electron chi connectivity index (χ1n) is 6.72. The second-order valence-corrected chi connectivity index (χ2v) is 5.66. The van der Waals surface area contributed by atoms with Gasteiger partial charge in [-0.05, 0) is 18.2 Å². The third-order valence-electron chi connectivity index (χ3n) is 3.67. The number of morpholine rings is 1. The highest BCUT2D eigenvalue weighted by Gasteiger charge is 2.29. The highest BCUT2D eigenvalue weighted by atomic mass is 35.5. The maximum atomic E-state index is 14.3. The van der Waals surface area contributed by atoms with E-state index < -0.39 is 0 Å². The van der Waals surface area contributed by atoms with Gasteiger partial charge in [-0.1, -0.05) is 0 Å². The number of halogens is 2. The summed E-state index contributed by atoms with van der Waals surface area (Å²) in [5.74, 6) is -0.362. The molecule has 2 saturated heterocycles. The minimum atomic E-state index is -0.310. The highest BCUT2D eigenvalue weighted by Crippen LogP contribution is 2.29. The Kier molecular flexibility index (Phi) is 3.81. The molecular formula is C14H16ClFN2O2. The van der Waals surface area contributed by atoms with Gasteiger partial charge in [0.05, 0.1) is 24.3 Å². The van der Waals surface area contributed by atoms with Crippen molar-refractivity contribution in [3.63, 3.8) is 0 Å². The zero-order valence-electron chi connectivity index (χ0n) is 11.0.